The van der Waals surface area contributed by atoms with Crippen molar-refractivity contribution in [3.05, 3.63) is 83.2 Å². The van der Waals surface area contributed by atoms with Crippen LogP contribution < -0.4 is 14.2 Å². The van der Waals surface area contributed by atoms with E-state index in [9.17, 15) is 17.6 Å². The van der Waals surface area contributed by atoms with Crippen LogP contribution in [0.4, 0.5) is 10.1 Å². The van der Waals surface area contributed by atoms with Crippen LogP contribution in [0.25, 0.3) is 0 Å². The lowest BCUT2D eigenvalue weighted by Gasteiger charge is -2.22. The number of benzene rings is 3. The molecule has 0 atom stereocenters. The van der Waals surface area contributed by atoms with Crippen LogP contribution in [0.3, 0.4) is 0 Å². The predicted molar refractivity (Wildman–Crippen MR) is 121 cm³/mol. The molecule has 1 aliphatic heterocycles. The minimum atomic E-state index is -3.97. The molecule has 1 aliphatic rings. The third-order valence-corrected chi connectivity index (χ3v) is 6.70. The van der Waals surface area contributed by atoms with Gasteiger partial charge in [0.2, 0.25) is 6.79 Å². The number of carbonyl (C=O) groups excluding carboxylic acids is 1. The van der Waals surface area contributed by atoms with Gasteiger partial charge in [-0.2, -0.15) is 0 Å². The minimum Gasteiger partial charge on any atom is -0.454 e. The van der Waals surface area contributed by atoms with Crippen LogP contribution in [0.5, 0.6) is 11.5 Å². The lowest BCUT2D eigenvalue weighted by molar-refractivity contribution is 0.0751. The molecule has 1 heterocycles. The maximum atomic E-state index is 13.3. The Morgan fingerprint density at radius 1 is 1.03 bits per heavy atom. The average molecular weight is 471 g/mol. The molecule has 0 aliphatic carbocycles. The number of ether oxygens (including phenoxy) is 2. The number of hydrogen-bond acceptors (Lipinski definition) is 5. The maximum Gasteiger partial charge on any atom is 0.261 e. The topological polar surface area (TPSA) is 84.9 Å². The van der Waals surface area contributed by atoms with Crippen molar-refractivity contribution in [3.63, 3.8) is 0 Å². The Morgan fingerprint density at radius 3 is 2.48 bits per heavy atom. The normalized spacial score (nSPS) is 12.5. The summed E-state index contributed by atoms with van der Waals surface area (Å²) in [6.45, 7) is 4.54. The van der Waals surface area contributed by atoms with Gasteiger partial charge in [0.1, 0.15) is 5.82 Å². The van der Waals surface area contributed by atoms with Crippen LogP contribution in [0.2, 0.25) is 0 Å². The molecule has 0 unspecified atom stereocenters. The third-order valence-electron chi connectivity index (χ3n) is 5.33. The summed E-state index contributed by atoms with van der Waals surface area (Å²) in [4.78, 5) is 14.9. The molecule has 0 spiro atoms. The Hall–Kier alpha value is -3.59. The number of sulfonamides is 1. The Bertz CT molecular complexity index is 1290. The lowest BCUT2D eigenvalue weighted by Crippen LogP contribution is -2.31. The van der Waals surface area contributed by atoms with Crippen molar-refractivity contribution in [3.8, 4) is 11.5 Å². The third kappa shape index (κ3) is 4.93. The van der Waals surface area contributed by atoms with Crippen molar-refractivity contribution in [2.45, 2.75) is 25.3 Å². The average Bonchev–Trinajstić information content (AvgIpc) is 3.26. The van der Waals surface area contributed by atoms with E-state index in [1.165, 1.54) is 24.3 Å². The molecule has 3 aromatic carbocycles. The fraction of sp³-hybridized carbons (Fsp3) is 0.208. The van der Waals surface area contributed by atoms with Gasteiger partial charge in [-0.3, -0.25) is 9.52 Å². The molecule has 7 nitrogen and oxygen atoms in total. The molecule has 3 aromatic rings. The minimum absolute atomic E-state index is 0.0556. The highest BCUT2D eigenvalue weighted by molar-refractivity contribution is 7.92. The largest absolute Gasteiger partial charge is 0.454 e. The van der Waals surface area contributed by atoms with Gasteiger partial charge in [-0.25, -0.2) is 12.8 Å². The summed E-state index contributed by atoms with van der Waals surface area (Å²) in [5, 5.41) is 0. The highest BCUT2D eigenvalue weighted by Gasteiger charge is 2.22. The number of nitrogens with zero attached hydrogens (tertiary/aromatic N) is 1. The highest BCUT2D eigenvalue weighted by Crippen LogP contribution is 2.33. The molecular formula is C24H23FN2O5S. The molecule has 0 saturated carbocycles. The summed E-state index contributed by atoms with van der Waals surface area (Å²) in [6.07, 6.45) is 0. The first kappa shape index (κ1) is 22.6. The zero-order valence-electron chi connectivity index (χ0n) is 18.2. The number of hydrogen-bond donors (Lipinski definition) is 1. The van der Waals surface area contributed by atoms with Crippen molar-refractivity contribution in [1.29, 1.82) is 0 Å². The molecular weight excluding hydrogens is 447 g/mol. The molecule has 0 fully saturated rings. The second-order valence-corrected chi connectivity index (χ2v) is 9.28. The van der Waals surface area contributed by atoms with Gasteiger partial charge in [0.15, 0.2) is 11.5 Å². The number of carbonyl (C=O) groups is 1. The Morgan fingerprint density at radius 2 is 1.76 bits per heavy atom. The van der Waals surface area contributed by atoms with Gasteiger partial charge >= 0.3 is 0 Å². The first-order chi connectivity index (χ1) is 15.8. The number of amides is 1. The second kappa shape index (κ2) is 9.11. The molecule has 0 saturated heterocycles. The van der Waals surface area contributed by atoms with E-state index in [-0.39, 0.29) is 23.3 Å². The van der Waals surface area contributed by atoms with E-state index in [0.717, 1.165) is 17.7 Å². The monoisotopic (exact) mass is 470 g/mol. The fourth-order valence-electron chi connectivity index (χ4n) is 3.49. The van der Waals surface area contributed by atoms with Crippen molar-refractivity contribution in [2.75, 3.05) is 18.1 Å². The summed E-state index contributed by atoms with van der Waals surface area (Å²) in [6, 6.07) is 14.9. The number of fused-ring (bicyclic) bond motifs is 1. The maximum absolute atomic E-state index is 13.3. The molecule has 1 amide bonds. The van der Waals surface area contributed by atoms with Crippen LogP contribution in [0, 0.1) is 12.7 Å². The first-order valence-electron chi connectivity index (χ1n) is 10.3. The summed E-state index contributed by atoms with van der Waals surface area (Å²) in [5.74, 6) is 0.539. The van der Waals surface area contributed by atoms with Gasteiger partial charge in [-0.05, 0) is 73.5 Å². The number of rotatable bonds is 7. The van der Waals surface area contributed by atoms with Crippen molar-refractivity contribution in [2.24, 2.45) is 0 Å². The predicted octanol–water partition coefficient (Wildman–Crippen LogP) is 4.33. The van der Waals surface area contributed by atoms with Crippen LogP contribution in [0.15, 0.2) is 65.6 Å². The summed E-state index contributed by atoms with van der Waals surface area (Å²) >= 11 is 0. The van der Waals surface area contributed by atoms with E-state index in [1.807, 2.05) is 19.1 Å². The molecule has 33 heavy (non-hydrogen) atoms. The standard InChI is InChI=1S/C24H23FN2O5S/c1-3-27(14-17-5-11-22-23(12-17)32-15-31-22)24(28)21-13-20(10-4-16(21)2)33(29,30)26-19-8-6-18(25)7-9-19/h4-13,26H,3,14-15H2,1-2H3. The highest BCUT2D eigenvalue weighted by atomic mass is 32.2. The van der Waals surface area contributed by atoms with Gasteiger partial charge in [0, 0.05) is 24.3 Å². The van der Waals surface area contributed by atoms with E-state index in [0.29, 0.717) is 35.7 Å². The van der Waals surface area contributed by atoms with Gasteiger partial charge in [-0.15, -0.1) is 0 Å². The van der Waals surface area contributed by atoms with Crippen LogP contribution in [-0.2, 0) is 16.6 Å². The van der Waals surface area contributed by atoms with Crippen LogP contribution in [-0.4, -0.2) is 32.6 Å². The smallest absolute Gasteiger partial charge is 0.261 e. The summed E-state index contributed by atoms with van der Waals surface area (Å²) in [5.41, 5.74) is 2.04. The number of halogens is 1. The second-order valence-electron chi connectivity index (χ2n) is 7.60. The number of anilines is 1. The zero-order chi connectivity index (χ0) is 23.6. The van der Waals surface area contributed by atoms with E-state index in [1.54, 1.807) is 24.0 Å². The van der Waals surface area contributed by atoms with Crippen molar-refractivity contribution < 1.29 is 27.1 Å². The Labute approximate surface area is 191 Å². The van der Waals surface area contributed by atoms with Crippen molar-refractivity contribution in [1.82, 2.24) is 4.90 Å². The Balaban J connectivity index is 1.57. The van der Waals surface area contributed by atoms with Gasteiger partial charge < -0.3 is 14.4 Å². The summed E-state index contributed by atoms with van der Waals surface area (Å²) in [7, 11) is -3.97. The molecule has 1 N–H and O–H groups in total. The van der Waals surface area contributed by atoms with Gasteiger partial charge in [0.05, 0.1) is 4.90 Å². The SMILES string of the molecule is CCN(Cc1ccc2c(c1)OCO2)C(=O)c1cc(S(=O)(=O)Nc2ccc(F)cc2)ccc1C. The molecule has 0 radical (unpaired) electrons. The van der Waals surface area contributed by atoms with Crippen LogP contribution in [0.1, 0.15) is 28.4 Å². The number of aryl methyl sites for hydroxylation is 1. The Kier molecular flexibility index (Phi) is 6.24. The lowest BCUT2D eigenvalue weighted by atomic mass is 10.1. The molecule has 172 valence electrons. The quantitative estimate of drug-likeness (QED) is 0.556. The molecule has 0 aromatic heterocycles. The van der Waals surface area contributed by atoms with Crippen LogP contribution >= 0.6 is 0 Å². The molecule has 9 heteroatoms. The molecule has 4 rings (SSSR count). The number of nitrogens with one attached hydrogen (secondary N) is 1. The fourth-order valence-corrected chi connectivity index (χ4v) is 4.57. The van der Waals surface area contributed by atoms with Gasteiger partial charge in [0.25, 0.3) is 15.9 Å². The van der Waals surface area contributed by atoms with E-state index in [2.05, 4.69) is 4.72 Å². The molecule has 0 bridgehead atoms. The van der Waals surface area contributed by atoms with Gasteiger partial charge in [-0.1, -0.05) is 12.1 Å². The summed E-state index contributed by atoms with van der Waals surface area (Å²) < 4.78 is 52.0. The van der Waals surface area contributed by atoms with E-state index < -0.39 is 15.8 Å². The van der Waals surface area contributed by atoms with Crippen molar-refractivity contribution >= 4 is 21.6 Å². The first-order valence-corrected chi connectivity index (χ1v) is 11.8. The van der Waals surface area contributed by atoms with E-state index >= 15 is 0 Å². The van der Waals surface area contributed by atoms with E-state index in [4.69, 9.17) is 9.47 Å². The zero-order valence-corrected chi connectivity index (χ0v) is 19.0.